The molecule has 1 aliphatic carbocycles. The number of nitrogens with zero attached hydrogens (tertiary/aromatic N) is 1. The van der Waals surface area contributed by atoms with Crippen LogP contribution in [0.5, 0.6) is 0 Å². The van der Waals surface area contributed by atoms with Crippen LogP contribution in [0.25, 0.3) is 0 Å². The molecule has 1 saturated heterocycles. The molecule has 2 heterocycles. The van der Waals surface area contributed by atoms with Gasteiger partial charge in [-0.2, -0.15) is 0 Å². The van der Waals surface area contributed by atoms with Crippen LogP contribution in [-0.4, -0.2) is 16.2 Å². The molecular formula is C11H14INOS. The summed E-state index contributed by atoms with van der Waals surface area (Å²) in [6, 6.07) is 2.27. The molecule has 2 aliphatic rings. The molecule has 1 unspecified atom stereocenters. The minimum atomic E-state index is 0.190. The summed E-state index contributed by atoms with van der Waals surface area (Å²) in [6.45, 7) is 0.966. The second-order valence-corrected chi connectivity index (χ2v) is 6.21. The summed E-state index contributed by atoms with van der Waals surface area (Å²) < 4.78 is 8.27. The Morgan fingerprint density at radius 1 is 1.47 bits per heavy atom. The lowest BCUT2D eigenvalue weighted by atomic mass is 9.82. The molecule has 82 valence electrons. The van der Waals surface area contributed by atoms with Crippen molar-refractivity contribution in [2.24, 2.45) is 0 Å². The molecule has 1 aromatic heterocycles. The maximum atomic E-state index is 5.98. The smallest absolute Gasteiger partial charge is 0.0741 e. The van der Waals surface area contributed by atoms with Crippen molar-refractivity contribution >= 4 is 30.3 Å². The van der Waals surface area contributed by atoms with Crippen molar-refractivity contribution in [3.63, 3.8) is 0 Å². The monoisotopic (exact) mass is 335 g/mol. The van der Waals surface area contributed by atoms with E-state index in [0.29, 0.717) is 0 Å². The summed E-state index contributed by atoms with van der Waals surface area (Å²) in [5.41, 5.74) is 3.21. The van der Waals surface area contributed by atoms with E-state index in [-0.39, 0.29) is 5.60 Å². The molecule has 4 heteroatoms. The Morgan fingerprint density at radius 2 is 2.40 bits per heavy atom. The summed E-state index contributed by atoms with van der Waals surface area (Å²) in [7, 11) is 1.76. The lowest BCUT2D eigenvalue weighted by molar-refractivity contribution is -0.00738. The first kappa shape index (κ1) is 10.5. The van der Waals surface area contributed by atoms with E-state index in [4.69, 9.17) is 4.74 Å². The SMILES string of the molecule is ISn1ccc2c1CC1(CCCO1)CC2. The van der Waals surface area contributed by atoms with Crippen LogP contribution in [0.4, 0.5) is 0 Å². The Morgan fingerprint density at radius 3 is 3.13 bits per heavy atom. The van der Waals surface area contributed by atoms with Crippen LogP contribution < -0.4 is 0 Å². The van der Waals surface area contributed by atoms with E-state index < -0.39 is 0 Å². The van der Waals surface area contributed by atoms with Crippen molar-refractivity contribution in [3.05, 3.63) is 23.5 Å². The van der Waals surface area contributed by atoms with Gasteiger partial charge in [0, 0.05) is 55.2 Å². The fourth-order valence-electron chi connectivity index (χ4n) is 2.82. The fourth-order valence-corrected chi connectivity index (χ4v) is 4.30. The number of aryl methyl sites for hydroxylation is 1. The number of hydrogen-bond donors (Lipinski definition) is 0. The third-order valence-electron chi connectivity index (χ3n) is 3.65. The Kier molecular flexibility index (Phi) is 2.77. The highest BCUT2D eigenvalue weighted by molar-refractivity contribution is 14.2. The third-order valence-corrected chi connectivity index (χ3v) is 5.41. The van der Waals surface area contributed by atoms with Crippen molar-refractivity contribution < 1.29 is 4.74 Å². The molecule has 2 nitrogen and oxygen atoms in total. The van der Waals surface area contributed by atoms with Crippen molar-refractivity contribution in [3.8, 4) is 0 Å². The lowest BCUT2D eigenvalue weighted by Crippen LogP contribution is -2.35. The van der Waals surface area contributed by atoms with Crippen LogP contribution >= 0.6 is 30.3 Å². The van der Waals surface area contributed by atoms with E-state index >= 15 is 0 Å². The van der Waals surface area contributed by atoms with Gasteiger partial charge in [-0.3, -0.25) is 3.97 Å². The van der Waals surface area contributed by atoms with Crippen LogP contribution in [0.15, 0.2) is 12.3 Å². The van der Waals surface area contributed by atoms with Gasteiger partial charge < -0.3 is 4.74 Å². The second-order valence-electron chi connectivity index (χ2n) is 4.49. The second kappa shape index (κ2) is 3.96. The first-order chi connectivity index (χ1) is 7.33. The molecule has 1 atom stereocenters. The third kappa shape index (κ3) is 1.74. The van der Waals surface area contributed by atoms with Crippen LogP contribution in [0.3, 0.4) is 0 Å². The summed E-state index contributed by atoms with van der Waals surface area (Å²) in [4.78, 5) is 0. The standard InChI is InChI=1S/C11H14INOS/c12-15-13-6-3-9-2-5-11(8-10(9)13)4-1-7-14-11/h3,6H,1-2,4-5,7-8H2. The molecule has 1 aliphatic heterocycles. The quantitative estimate of drug-likeness (QED) is 0.731. The Balaban J connectivity index is 1.93. The largest absolute Gasteiger partial charge is 0.375 e. The topological polar surface area (TPSA) is 14.2 Å². The minimum absolute atomic E-state index is 0.190. The van der Waals surface area contributed by atoms with Gasteiger partial charge in [0.1, 0.15) is 0 Å². The predicted molar refractivity (Wildman–Crippen MR) is 71.4 cm³/mol. The van der Waals surface area contributed by atoms with Gasteiger partial charge in [-0.15, -0.1) is 0 Å². The average Bonchev–Trinajstić information content (AvgIpc) is 2.85. The molecule has 1 spiro atoms. The van der Waals surface area contributed by atoms with E-state index in [0.717, 1.165) is 13.0 Å². The Bertz CT molecular complexity index is 357. The zero-order valence-electron chi connectivity index (χ0n) is 8.54. The van der Waals surface area contributed by atoms with Crippen LogP contribution in [-0.2, 0) is 17.6 Å². The van der Waals surface area contributed by atoms with Crippen molar-refractivity contribution in [2.75, 3.05) is 6.61 Å². The van der Waals surface area contributed by atoms with Crippen LogP contribution in [0, 0.1) is 0 Å². The van der Waals surface area contributed by atoms with E-state index in [1.54, 1.807) is 9.12 Å². The van der Waals surface area contributed by atoms with Gasteiger partial charge in [0.2, 0.25) is 0 Å². The van der Waals surface area contributed by atoms with Crippen molar-refractivity contribution in [1.82, 2.24) is 3.97 Å². The molecule has 0 saturated carbocycles. The van der Waals surface area contributed by atoms with E-state index in [9.17, 15) is 0 Å². The van der Waals surface area contributed by atoms with Crippen LogP contribution in [0.1, 0.15) is 30.5 Å². The zero-order chi connectivity index (χ0) is 10.3. The number of fused-ring (bicyclic) bond motifs is 1. The van der Waals surface area contributed by atoms with E-state index in [1.165, 1.54) is 36.9 Å². The highest BCUT2D eigenvalue weighted by Gasteiger charge is 2.39. The highest BCUT2D eigenvalue weighted by Crippen LogP contribution is 2.40. The molecule has 15 heavy (non-hydrogen) atoms. The van der Waals surface area contributed by atoms with Gasteiger partial charge in [0.25, 0.3) is 0 Å². The number of halogens is 1. The van der Waals surface area contributed by atoms with Crippen LogP contribution in [0.2, 0.25) is 0 Å². The van der Waals surface area contributed by atoms with E-state index in [1.807, 2.05) is 0 Å². The molecule has 0 aromatic carbocycles. The van der Waals surface area contributed by atoms with Crippen molar-refractivity contribution in [1.29, 1.82) is 0 Å². The summed E-state index contributed by atoms with van der Waals surface area (Å²) in [6.07, 6.45) is 8.22. The zero-order valence-corrected chi connectivity index (χ0v) is 11.5. The number of rotatable bonds is 1. The summed E-state index contributed by atoms with van der Waals surface area (Å²) >= 11 is 2.35. The maximum Gasteiger partial charge on any atom is 0.0741 e. The minimum Gasteiger partial charge on any atom is -0.375 e. The normalized spacial score (nSPS) is 29.7. The molecule has 0 N–H and O–H groups in total. The number of ether oxygens (including phenoxy) is 1. The molecule has 0 radical (unpaired) electrons. The van der Waals surface area contributed by atoms with Crippen molar-refractivity contribution in [2.45, 2.75) is 37.7 Å². The highest BCUT2D eigenvalue weighted by atomic mass is 127. The average molecular weight is 335 g/mol. The summed E-state index contributed by atoms with van der Waals surface area (Å²) in [5, 5.41) is 0. The fraction of sp³-hybridized carbons (Fsp3) is 0.636. The van der Waals surface area contributed by atoms with Gasteiger partial charge in [0.15, 0.2) is 0 Å². The summed E-state index contributed by atoms with van der Waals surface area (Å²) in [5.74, 6) is 0. The number of aromatic nitrogens is 1. The van der Waals surface area contributed by atoms with E-state index in [2.05, 4.69) is 37.4 Å². The molecule has 1 fully saturated rings. The Labute approximate surface area is 106 Å². The molecule has 3 rings (SSSR count). The lowest BCUT2D eigenvalue weighted by Gasteiger charge is -2.33. The number of hydrogen-bond acceptors (Lipinski definition) is 2. The first-order valence-electron chi connectivity index (χ1n) is 5.45. The first-order valence-corrected chi connectivity index (χ1v) is 8.77. The molecular weight excluding hydrogens is 321 g/mol. The van der Waals surface area contributed by atoms with Gasteiger partial charge in [-0.05, 0) is 37.3 Å². The maximum absolute atomic E-state index is 5.98. The molecule has 0 bridgehead atoms. The van der Waals surface area contributed by atoms with Gasteiger partial charge in [-0.25, -0.2) is 0 Å². The Hall–Kier alpha value is 0.320. The predicted octanol–water partition coefficient (Wildman–Crippen LogP) is 3.37. The van der Waals surface area contributed by atoms with Gasteiger partial charge in [-0.1, -0.05) is 0 Å². The molecule has 1 aromatic rings. The van der Waals surface area contributed by atoms with Gasteiger partial charge in [0.05, 0.1) is 5.60 Å². The van der Waals surface area contributed by atoms with Gasteiger partial charge >= 0.3 is 0 Å². The molecule has 0 amide bonds.